The third-order valence-electron chi connectivity index (χ3n) is 3.45. The lowest BCUT2D eigenvalue weighted by molar-refractivity contribution is 0.398. The first-order valence-electron chi connectivity index (χ1n) is 6.76. The van der Waals surface area contributed by atoms with Crippen molar-refractivity contribution in [2.75, 3.05) is 21.3 Å². The van der Waals surface area contributed by atoms with Gasteiger partial charge in [-0.2, -0.15) is 5.10 Å². The average molecular weight is 293 g/mol. The zero-order valence-corrected chi connectivity index (χ0v) is 12.7. The third kappa shape index (κ3) is 2.85. The number of nitrogens with one attached hydrogen (secondary N) is 1. The number of ether oxygens (including phenoxy) is 2. The molecule has 1 unspecified atom stereocenters. The molecule has 1 aromatic heterocycles. The van der Waals surface area contributed by atoms with Crippen LogP contribution in [0.2, 0.25) is 0 Å². The normalized spacial score (nSPS) is 12.2. The molecule has 1 atom stereocenters. The smallest absolute Gasteiger partial charge is 0.161 e. The maximum Gasteiger partial charge on any atom is 0.161 e. The SMILES string of the molecule is CCn1ncc(OC)c1C(NC)c1ccc(OC)cc1F. The van der Waals surface area contributed by atoms with Gasteiger partial charge in [0.05, 0.1) is 26.5 Å². The second-order valence-corrected chi connectivity index (χ2v) is 4.52. The highest BCUT2D eigenvalue weighted by molar-refractivity contribution is 5.39. The van der Waals surface area contributed by atoms with Crippen LogP contribution in [-0.4, -0.2) is 31.0 Å². The van der Waals surface area contributed by atoms with E-state index in [0.717, 1.165) is 5.69 Å². The van der Waals surface area contributed by atoms with Gasteiger partial charge < -0.3 is 14.8 Å². The molecule has 0 saturated carbocycles. The summed E-state index contributed by atoms with van der Waals surface area (Å²) in [5.41, 5.74) is 1.32. The van der Waals surface area contributed by atoms with Gasteiger partial charge in [-0.25, -0.2) is 4.39 Å². The zero-order valence-electron chi connectivity index (χ0n) is 12.7. The van der Waals surface area contributed by atoms with E-state index in [1.54, 1.807) is 37.2 Å². The van der Waals surface area contributed by atoms with Crippen LogP contribution in [0.4, 0.5) is 4.39 Å². The molecule has 0 spiro atoms. The molecule has 0 amide bonds. The minimum atomic E-state index is -0.353. The predicted molar refractivity (Wildman–Crippen MR) is 78.3 cm³/mol. The van der Waals surface area contributed by atoms with Crippen LogP contribution in [0.15, 0.2) is 24.4 Å². The Bertz CT molecular complexity index is 591. The van der Waals surface area contributed by atoms with E-state index in [1.807, 2.05) is 6.92 Å². The molecule has 1 heterocycles. The molecule has 0 aliphatic heterocycles. The monoisotopic (exact) mass is 293 g/mol. The average Bonchev–Trinajstić information content (AvgIpc) is 2.92. The molecule has 5 nitrogen and oxygen atoms in total. The van der Waals surface area contributed by atoms with Gasteiger partial charge in [0.25, 0.3) is 0 Å². The van der Waals surface area contributed by atoms with Gasteiger partial charge in [0, 0.05) is 18.2 Å². The van der Waals surface area contributed by atoms with Crippen LogP contribution in [0.25, 0.3) is 0 Å². The molecule has 0 aliphatic carbocycles. The maximum atomic E-state index is 14.3. The quantitative estimate of drug-likeness (QED) is 0.888. The van der Waals surface area contributed by atoms with E-state index in [9.17, 15) is 4.39 Å². The zero-order chi connectivity index (χ0) is 15.4. The summed E-state index contributed by atoms with van der Waals surface area (Å²) in [6.45, 7) is 2.65. The van der Waals surface area contributed by atoms with E-state index in [2.05, 4.69) is 10.4 Å². The molecule has 1 N–H and O–H groups in total. The molecule has 2 aromatic rings. The fraction of sp³-hybridized carbons (Fsp3) is 0.400. The topological polar surface area (TPSA) is 48.3 Å². The van der Waals surface area contributed by atoms with Crippen LogP contribution >= 0.6 is 0 Å². The first-order chi connectivity index (χ1) is 10.2. The van der Waals surface area contributed by atoms with Crippen LogP contribution in [0.3, 0.4) is 0 Å². The Balaban J connectivity index is 2.51. The first-order valence-corrected chi connectivity index (χ1v) is 6.76. The second-order valence-electron chi connectivity index (χ2n) is 4.52. The third-order valence-corrected chi connectivity index (χ3v) is 3.45. The van der Waals surface area contributed by atoms with Crippen molar-refractivity contribution in [2.45, 2.75) is 19.5 Å². The molecular formula is C15H20FN3O2. The Hall–Kier alpha value is -2.08. The Morgan fingerprint density at radius 2 is 2.10 bits per heavy atom. The lowest BCUT2D eigenvalue weighted by Gasteiger charge is -2.20. The van der Waals surface area contributed by atoms with Gasteiger partial charge in [0.1, 0.15) is 17.3 Å². The van der Waals surface area contributed by atoms with Crippen molar-refractivity contribution in [1.82, 2.24) is 15.1 Å². The van der Waals surface area contributed by atoms with Crippen molar-refractivity contribution in [3.05, 3.63) is 41.5 Å². The van der Waals surface area contributed by atoms with Crippen LogP contribution in [0.1, 0.15) is 24.2 Å². The number of benzene rings is 1. The highest BCUT2D eigenvalue weighted by atomic mass is 19.1. The lowest BCUT2D eigenvalue weighted by atomic mass is 10.0. The summed E-state index contributed by atoms with van der Waals surface area (Å²) in [4.78, 5) is 0. The van der Waals surface area contributed by atoms with Gasteiger partial charge in [-0.1, -0.05) is 6.07 Å². The molecular weight excluding hydrogens is 273 g/mol. The van der Waals surface area contributed by atoms with Gasteiger partial charge in [-0.05, 0) is 20.0 Å². The van der Waals surface area contributed by atoms with E-state index in [-0.39, 0.29) is 11.9 Å². The number of aryl methyl sites for hydroxylation is 1. The Morgan fingerprint density at radius 1 is 1.33 bits per heavy atom. The van der Waals surface area contributed by atoms with Gasteiger partial charge in [-0.3, -0.25) is 4.68 Å². The number of hydrogen-bond donors (Lipinski definition) is 1. The molecule has 6 heteroatoms. The number of rotatable bonds is 6. The Labute approximate surface area is 123 Å². The van der Waals surface area contributed by atoms with E-state index in [0.29, 0.717) is 23.6 Å². The van der Waals surface area contributed by atoms with Crippen molar-refractivity contribution in [1.29, 1.82) is 0 Å². The Morgan fingerprint density at radius 3 is 2.62 bits per heavy atom. The molecule has 0 aliphatic rings. The van der Waals surface area contributed by atoms with Gasteiger partial charge >= 0.3 is 0 Å². The number of halogens is 1. The van der Waals surface area contributed by atoms with E-state index in [4.69, 9.17) is 9.47 Å². The number of hydrogen-bond acceptors (Lipinski definition) is 4. The van der Waals surface area contributed by atoms with Crippen molar-refractivity contribution in [3.8, 4) is 11.5 Å². The van der Waals surface area contributed by atoms with Crippen LogP contribution < -0.4 is 14.8 Å². The summed E-state index contributed by atoms with van der Waals surface area (Å²) >= 11 is 0. The number of aromatic nitrogens is 2. The number of nitrogens with zero attached hydrogens (tertiary/aromatic N) is 2. The molecule has 114 valence electrons. The van der Waals surface area contributed by atoms with Gasteiger partial charge in [0.2, 0.25) is 0 Å². The molecule has 0 bridgehead atoms. The largest absolute Gasteiger partial charge is 0.497 e. The first kappa shape index (κ1) is 15.3. The van der Waals surface area contributed by atoms with E-state index < -0.39 is 0 Å². The second kappa shape index (κ2) is 6.58. The molecule has 0 radical (unpaired) electrons. The number of methoxy groups -OCH3 is 2. The minimum absolute atomic E-state index is 0.334. The van der Waals surface area contributed by atoms with Gasteiger partial charge in [-0.15, -0.1) is 0 Å². The van der Waals surface area contributed by atoms with Crippen molar-refractivity contribution >= 4 is 0 Å². The van der Waals surface area contributed by atoms with Gasteiger partial charge in [0.15, 0.2) is 5.75 Å². The predicted octanol–water partition coefficient (Wildman–Crippen LogP) is 2.37. The summed E-state index contributed by atoms with van der Waals surface area (Å²) in [6.07, 6.45) is 1.64. The lowest BCUT2D eigenvalue weighted by Crippen LogP contribution is -2.23. The Kier molecular flexibility index (Phi) is 4.80. The molecule has 1 aromatic carbocycles. The highest BCUT2D eigenvalue weighted by Gasteiger charge is 2.24. The minimum Gasteiger partial charge on any atom is -0.497 e. The maximum absolute atomic E-state index is 14.3. The van der Waals surface area contributed by atoms with Crippen molar-refractivity contribution in [2.24, 2.45) is 0 Å². The van der Waals surface area contributed by atoms with Crippen LogP contribution in [0, 0.1) is 5.82 Å². The standard InChI is InChI=1S/C15H20FN3O2/c1-5-19-15(13(21-4)9-18-19)14(17-2)11-7-6-10(20-3)8-12(11)16/h6-9,14,17H,5H2,1-4H3. The van der Waals surface area contributed by atoms with Crippen LogP contribution in [-0.2, 0) is 6.54 Å². The molecule has 0 saturated heterocycles. The summed E-state index contributed by atoms with van der Waals surface area (Å²) in [6, 6.07) is 4.47. The molecule has 0 fully saturated rings. The molecule has 2 rings (SSSR count). The summed E-state index contributed by atoms with van der Waals surface area (Å²) in [7, 11) is 4.87. The fourth-order valence-corrected chi connectivity index (χ4v) is 2.39. The van der Waals surface area contributed by atoms with Crippen LogP contribution in [0.5, 0.6) is 11.5 Å². The summed E-state index contributed by atoms with van der Waals surface area (Å²) < 4.78 is 26.5. The van der Waals surface area contributed by atoms with E-state index in [1.165, 1.54) is 13.2 Å². The fourth-order valence-electron chi connectivity index (χ4n) is 2.39. The van der Waals surface area contributed by atoms with E-state index >= 15 is 0 Å². The van der Waals surface area contributed by atoms with Crippen molar-refractivity contribution in [3.63, 3.8) is 0 Å². The highest BCUT2D eigenvalue weighted by Crippen LogP contribution is 2.32. The summed E-state index contributed by atoms with van der Waals surface area (Å²) in [5, 5.41) is 7.39. The molecule has 21 heavy (non-hydrogen) atoms. The summed E-state index contributed by atoms with van der Waals surface area (Å²) in [5.74, 6) is 0.785. The van der Waals surface area contributed by atoms with Crippen molar-refractivity contribution < 1.29 is 13.9 Å².